The van der Waals surface area contributed by atoms with Crippen molar-refractivity contribution >= 4 is 0 Å². The highest BCUT2D eigenvalue weighted by molar-refractivity contribution is 5.37. The van der Waals surface area contributed by atoms with Gasteiger partial charge >= 0.3 is 0 Å². The lowest BCUT2D eigenvalue weighted by Crippen LogP contribution is -2.50. The summed E-state index contributed by atoms with van der Waals surface area (Å²) in [5, 5.41) is 19.8. The first kappa shape index (κ1) is 16.0. The Bertz CT molecular complexity index is 516. The standard InChI is InChI=1S/C18H26N2O/c1-14(2)10-17-13-20(9-8-18(17,3)21)12-16-7-5-4-6-15(16)11-19/h4-7,14,17,21H,8-10,12-13H2,1-3H3/t17-,18+/m1/s1. The van der Waals surface area contributed by atoms with Gasteiger partial charge in [-0.2, -0.15) is 5.26 Å². The zero-order chi connectivity index (χ0) is 15.5. The topological polar surface area (TPSA) is 47.3 Å². The Morgan fingerprint density at radius 3 is 2.81 bits per heavy atom. The highest BCUT2D eigenvalue weighted by Crippen LogP contribution is 2.33. The summed E-state index contributed by atoms with van der Waals surface area (Å²) in [5.74, 6) is 0.897. The van der Waals surface area contributed by atoms with Crippen LogP contribution in [0.3, 0.4) is 0 Å². The van der Waals surface area contributed by atoms with Crippen LogP contribution in [0.4, 0.5) is 0 Å². The summed E-state index contributed by atoms with van der Waals surface area (Å²) in [6.07, 6.45) is 1.85. The molecule has 0 spiro atoms. The molecule has 21 heavy (non-hydrogen) atoms. The fraction of sp³-hybridized carbons (Fsp3) is 0.611. The van der Waals surface area contributed by atoms with Crippen molar-refractivity contribution in [3.8, 4) is 6.07 Å². The van der Waals surface area contributed by atoms with Gasteiger partial charge in [0, 0.05) is 25.6 Å². The van der Waals surface area contributed by atoms with Crippen molar-refractivity contribution in [3.63, 3.8) is 0 Å². The van der Waals surface area contributed by atoms with E-state index in [-0.39, 0.29) is 0 Å². The Labute approximate surface area is 128 Å². The molecule has 0 saturated carbocycles. The molecule has 1 aliphatic rings. The second-order valence-corrected chi connectivity index (χ2v) is 6.94. The monoisotopic (exact) mass is 286 g/mol. The van der Waals surface area contributed by atoms with E-state index < -0.39 is 5.60 Å². The Hall–Kier alpha value is -1.37. The SMILES string of the molecule is CC(C)C[C@@H]1CN(Cc2ccccc2C#N)CC[C@]1(C)O. The summed E-state index contributed by atoms with van der Waals surface area (Å²) in [6.45, 7) is 8.99. The van der Waals surface area contributed by atoms with Crippen molar-refractivity contribution in [2.24, 2.45) is 11.8 Å². The molecule has 1 aromatic carbocycles. The zero-order valence-corrected chi connectivity index (χ0v) is 13.3. The van der Waals surface area contributed by atoms with Crippen molar-refractivity contribution in [1.29, 1.82) is 5.26 Å². The molecule has 3 nitrogen and oxygen atoms in total. The Morgan fingerprint density at radius 2 is 2.14 bits per heavy atom. The highest BCUT2D eigenvalue weighted by Gasteiger charge is 2.37. The molecule has 1 N–H and O–H groups in total. The van der Waals surface area contributed by atoms with Crippen LogP contribution < -0.4 is 0 Å². The first-order valence-corrected chi connectivity index (χ1v) is 7.85. The van der Waals surface area contributed by atoms with E-state index in [4.69, 9.17) is 0 Å². The van der Waals surface area contributed by atoms with Crippen LogP contribution in [0, 0.1) is 23.2 Å². The lowest BCUT2D eigenvalue weighted by atomic mass is 9.78. The Kier molecular flexibility index (Phi) is 5.03. The van der Waals surface area contributed by atoms with E-state index >= 15 is 0 Å². The van der Waals surface area contributed by atoms with E-state index in [1.165, 1.54) is 0 Å². The third kappa shape index (κ3) is 4.06. The molecule has 1 heterocycles. The van der Waals surface area contributed by atoms with Crippen LogP contribution in [0.25, 0.3) is 0 Å². The fourth-order valence-corrected chi connectivity index (χ4v) is 3.24. The van der Waals surface area contributed by atoms with Crippen molar-refractivity contribution < 1.29 is 5.11 Å². The van der Waals surface area contributed by atoms with Gasteiger partial charge < -0.3 is 5.11 Å². The van der Waals surface area contributed by atoms with Crippen molar-refractivity contribution in [2.45, 2.75) is 45.8 Å². The van der Waals surface area contributed by atoms with Crippen LogP contribution in [0.5, 0.6) is 0 Å². The van der Waals surface area contributed by atoms with Gasteiger partial charge in [0.25, 0.3) is 0 Å². The van der Waals surface area contributed by atoms with Crippen LogP contribution in [-0.2, 0) is 6.54 Å². The maximum Gasteiger partial charge on any atom is 0.0995 e. The van der Waals surface area contributed by atoms with Crippen molar-refractivity contribution in [2.75, 3.05) is 13.1 Å². The fourth-order valence-electron chi connectivity index (χ4n) is 3.24. The Balaban J connectivity index is 2.07. The molecule has 0 amide bonds. The molecule has 2 atom stereocenters. The first-order chi connectivity index (χ1) is 9.92. The summed E-state index contributed by atoms with van der Waals surface area (Å²) < 4.78 is 0. The van der Waals surface area contributed by atoms with E-state index in [1.54, 1.807) is 0 Å². The molecule has 1 aliphatic heterocycles. The number of aliphatic hydroxyl groups is 1. The number of nitrogens with zero attached hydrogens (tertiary/aromatic N) is 2. The molecule has 1 fully saturated rings. The molecule has 0 radical (unpaired) electrons. The molecule has 0 bridgehead atoms. The van der Waals surface area contributed by atoms with Crippen LogP contribution in [-0.4, -0.2) is 28.7 Å². The molecule has 3 heteroatoms. The smallest absolute Gasteiger partial charge is 0.0995 e. The lowest BCUT2D eigenvalue weighted by molar-refractivity contribution is -0.0664. The largest absolute Gasteiger partial charge is 0.390 e. The maximum absolute atomic E-state index is 10.6. The van der Waals surface area contributed by atoms with E-state index in [0.29, 0.717) is 11.8 Å². The molecular weight excluding hydrogens is 260 g/mol. The molecule has 0 aliphatic carbocycles. The highest BCUT2D eigenvalue weighted by atomic mass is 16.3. The molecule has 2 rings (SSSR count). The molecule has 0 unspecified atom stereocenters. The number of benzene rings is 1. The van der Waals surface area contributed by atoms with E-state index in [9.17, 15) is 10.4 Å². The molecule has 0 aromatic heterocycles. The number of hydrogen-bond donors (Lipinski definition) is 1. The third-order valence-electron chi connectivity index (χ3n) is 4.58. The van der Waals surface area contributed by atoms with Gasteiger partial charge in [-0.25, -0.2) is 0 Å². The number of piperidine rings is 1. The number of hydrogen-bond acceptors (Lipinski definition) is 3. The van der Waals surface area contributed by atoms with E-state index in [2.05, 4.69) is 24.8 Å². The summed E-state index contributed by atoms with van der Waals surface area (Å²) in [4.78, 5) is 2.38. The van der Waals surface area contributed by atoms with E-state index in [0.717, 1.165) is 43.6 Å². The van der Waals surface area contributed by atoms with Gasteiger partial charge in [-0.05, 0) is 37.3 Å². The van der Waals surface area contributed by atoms with Gasteiger partial charge in [-0.15, -0.1) is 0 Å². The minimum atomic E-state index is -0.560. The normalized spacial score (nSPS) is 26.8. The summed E-state index contributed by atoms with van der Waals surface area (Å²) in [5.41, 5.74) is 1.29. The minimum absolute atomic E-state index is 0.306. The van der Waals surface area contributed by atoms with Gasteiger partial charge in [-0.1, -0.05) is 32.0 Å². The maximum atomic E-state index is 10.6. The summed E-state index contributed by atoms with van der Waals surface area (Å²) in [6, 6.07) is 10.1. The Morgan fingerprint density at radius 1 is 1.43 bits per heavy atom. The minimum Gasteiger partial charge on any atom is -0.390 e. The van der Waals surface area contributed by atoms with Gasteiger partial charge in [0.2, 0.25) is 0 Å². The zero-order valence-electron chi connectivity index (χ0n) is 13.3. The van der Waals surface area contributed by atoms with Gasteiger partial charge in [0.1, 0.15) is 0 Å². The predicted octanol–water partition coefficient (Wildman–Crippen LogP) is 3.18. The van der Waals surface area contributed by atoms with E-state index in [1.807, 2.05) is 31.2 Å². The first-order valence-electron chi connectivity index (χ1n) is 7.85. The van der Waals surface area contributed by atoms with Crippen molar-refractivity contribution in [1.82, 2.24) is 4.90 Å². The molecule has 114 valence electrons. The quantitative estimate of drug-likeness (QED) is 0.924. The average molecular weight is 286 g/mol. The predicted molar refractivity (Wildman–Crippen MR) is 84.6 cm³/mol. The third-order valence-corrected chi connectivity index (χ3v) is 4.58. The van der Waals surface area contributed by atoms with Crippen LogP contribution >= 0.6 is 0 Å². The summed E-state index contributed by atoms with van der Waals surface area (Å²) in [7, 11) is 0. The van der Waals surface area contributed by atoms with Gasteiger partial charge in [0.05, 0.1) is 17.2 Å². The van der Waals surface area contributed by atoms with Gasteiger partial charge in [0.15, 0.2) is 0 Å². The second-order valence-electron chi connectivity index (χ2n) is 6.94. The van der Waals surface area contributed by atoms with Crippen LogP contribution in [0.15, 0.2) is 24.3 Å². The van der Waals surface area contributed by atoms with Crippen molar-refractivity contribution in [3.05, 3.63) is 35.4 Å². The van der Waals surface area contributed by atoms with Crippen LogP contribution in [0.1, 0.15) is 44.7 Å². The number of likely N-dealkylation sites (tertiary alicyclic amines) is 1. The molecule has 1 aromatic rings. The lowest BCUT2D eigenvalue weighted by Gasteiger charge is -2.43. The number of rotatable bonds is 4. The summed E-state index contributed by atoms with van der Waals surface area (Å²) >= 11 is 0. The number of nitriles is 1. The van der Waals surface area contributed by atoms with Crippen LogP contribution in [0.2, 0.25) is 0 Å². The average Bonchev–Trinajstić information content (AvgIpc) is 2.43. The molecular formula is C18H26N2O. The molecule has 1 saturated heterocycles. The second kappa shape index (κ2) is 6.60. The van der Waals surface area contributed by atoms with Gasteiger partial charge in [-0.3, -0.25) is 4.90 Å².